The smallest absolute Gasteiger partial charge is 0.335 e. The molecule has 376 valence electrons. The predicted molar refractivity (Wildman–Crippen MR) is 227 cm³/mol. The molecule has 0 radical (unpaired) electrons. The fourth-order valence-corrected chi connectivity index (χ4v) is 15.1. The summed E-state index contributed by atoms with van der Waals surface area (Å²) in [6.45, 7) is 14.1. The molecule has 0 aromatic carbocycles. The number of carboxylic acids is 2. The summed E-state index contributed by atoms with van der Waals surface area (Å²) in [5.74, 6) is -2.29. The molecule has 1 unspecified atom stereocenters. The van der Waals surface area contributed by atoms with E-state index in [0.717, 1.165) is 31.3 Å². The van der Waals surface area contributed by atoms with E-state index in [9.17, 15) is 65.8 Å². The van der Waals surface area contributed by atoms with Gasteiger partial charge in [-0.2, -0.15) is 0 Å². The van der Waals surface area contributed by atoms with Gasteiger partial charge in [-0.3, -0.25) is 4.79 Å². The number of rotatable bonds is 9. The molecule has 3 aliphatic heterocycles. The van der Waals surface area contributed by atoms with Crippen LogP contribution in [-0.4, -0.2) is 180 Å². The van der Waals surface area contributed by atoms with E-state index in [4.69, 9.17) is 28.4 Å². The molecule has 7 fully saturated rings. The minimum absolute atomic E-state index is 0.0177. The number of fused-ring (bicyclic) bond motifs is 7. The quantitative estimate of drug-likeness (QED) is 0.110. The molecule has 11 N–H and O–H groups in total. The van der Waals surface area contributed by atoms with Gasteiger partial charge in [-0.25, -0.2) is 4.79 Å². The fraction of sp³-hybridized carbons (Fsp3) is 0.915. The molecule has 8 rings (SSSR count). The molecule has 0 spiro atoms. The SMILES string of the molecule is CC1(C)C=C2[C@H]3CC[C@@H]4[C@@]5(C)CC[C@H](O[C@@H]6O[C@H](C(=O)O)[C@@H](O)[C@H](O[C@@H]7OC[C@@H](O)[C@H](O)[C@H]7O)[C@H]6O[C@@H]6O[C@H](CO)[C@@H](O)[C@H](O)[C@H]6O)C(C)(C)C5CC[C@@]4(C)[C@]3(C)CC[C@@]2(C(=O)O)[C@@H](O)C1. The van der Waals surface area contributed by atoms with E-state index in [2.05, 4.69) is 54.5 Å². The van der Waals surface area contributed by atoms with Crippen molar-refractivity contribution in [2.24, 2.45) is 50.2 Å². The average molecular weight is 943 g/mol. The molecule has 0 aromatic rings. The molecule has 23 atom stereocenters. The van der Waals surface area contributed by atoms with Crippen molar-refractivity contribution in [3.8, 4) is 0 Å². The molecule has 5 aliphatic carbocycles. The molecular weight excluding hydrogens is 868 g/mol. The van der Waals surface area contributed by atoms with Crippen molar-refractivity contribution < 1.29 is 94.2 Å². The second kappa shape index (κ2) is 17.4. The summed E-state index contributed by atoms with van der Waals surface area (Å²) >= 11 is 0. The van der Waals surface area contributed by atoms with Crippen LogP contribution in [0.5, 0.6) is 0 Å². The molecule has 19 nitrogen and oxygen atoms in total. The molecule has 0 aromatic heterocycles. The van der Waals surface area contributed by atoms with E-state index in [0.29, 0.717) is 32.1 Å². The zero-order valence-electron chi connectivity index (χ0n) is 39.0. The largest absolute Gasteiger partial charge is 0.481 e. The first-order valence-electron chi connectivity index (χ1n) is 23.8. The first-order valence-corrected chi connectivity index (χ1v) is 23.8. The standard InChI is InChI=1S/C47H74O19/c1-42(2)16-21-20-8-9-25-44(5)12-11-27(43(3,4)24(44)10-13-46(25,7)45(20,6)14-15-47(21,41(59)60)26(50)17-42)63-40-36(66-39-32(55)30(53)29(52)23(18-48)62-39)34(33(56)35(65-40)37(57)58)64-38-31(54)28(51)22(49)19-61-38/h16,20,22-36,38-40,48-56H,8-15,17-19H2,1-7H3,(H,57,58)(H,59,60)/t20-,22-,23-,24?,25-,26+,27+,28+,29-,30+,31-,32-,33+,34+,35+,36-,38+,39+,40-,44+,45-,46-,47+/m1/s1. The maximum atomic E-state index is 13.2. The monoisotopic (exact) mass is 942 g/mol. The van der Waals surface area contributed by atoms with Crippen molar-refractivity contribution in [3.63, 3.8) is 0 Å². The lowest BCUT2D eigenvalue weighted by Gasteiger charge is -2.72. The van der Waals surface area contributed by atoms with Crippen LogP contribution in [0.3, 0.4) is 0 Å². The van der Waals surface area contributed by atoms with Crippen LogP contribution < -0.4 is 0 Å². The van der Waals surface area contributed by atoms with Crippen molar-refractivity contribution in [1.29, 1.82) is 0 Å². The van der Waals surface area contributed by atoms with Gasteiger partial charge in [-0.05, 0) is 103 Å². The lowest BCUT2D eigenvalue weighted by molar-refractivity contribution is -0.392. The summed E-state index contributed by atoms with van der Waals surface area (Å²) in [5.41, 5.74) is -2.07. The van der Waals surface area contributed by atoms with Crippen LogP contribution in [0.4, 0.5) is 0 Å². The van der Waals surface area contributed by atoms with E-state index < -0.39 is 134 Å². The number of aliphatic hydroxyl groups excluding tert-OH is 9. The molecule has 3 heterocycles. The second-order valence-electron chi connectivity index (χ2n) is 23.1. The van der Waals surface area contributed by atoms with Crippen molar-refractivity contribution >= 4 is 11.9 Å². The number of hydrogen-bond acceptors (Lipinski definition) is 17. The fourth-order valence-electron chi connectivity index (χ4n) is 15.1. The zero-order chi connectivity index (χ0) is 48.4. The summed E-state index contributed by atoms with van der Waals surface area (Å²) in [4.78, 5) is 25.9. The van der Waals surface area contributed by atoms with Crippen molar-refractivity contribution in [2.75, 3.05) is 13.2 Å². The van der Waals surface area contributed by atoms with Gasteiger partial charge in [0, 0.05) is 0 Å². The Balaban J connectivity index is 1.09. The van der Waals surface area contributed by atoms with Gasteiger partial charge >= 0.3 is 11.9 Å². The molecule has 3 saturated heterocycles. The van der Waals surface area contributed by atoms with Crippen LogP contribution >= 0.6 is 0 Å². The van der Waals surface area contributed by atoms with Crippen molar-refractivity contribution in [2.45, 2.75) is 204 Å². The molecule has 66 heavy (non-hydrogen) atoms. The van der Waals surface area contributed by atoms with Crippen LogP contribution in [0, 0.1) is 50.2 Å². The van der Waals surface area contributed by atoms with E-state index in [1.54, 1.807) is 0 Å². The Morgan fingerprint density at radius 2 is 1.33 bits per heavy atom. The van der Waals surface area contributed by atoms with E-state index in [1.165, 1.54) is 0 Å². The van der Waals surface area contributed by atoms with Gasteiger partial charge in [0.15, 0.2) is 25.0 Å². The number of aliphatic carboxylic acids is 2. The molecule has 0 bridgehead atoms. The van der Waals surface area contributed by atoms with Gasteiger partial charge in [0.1, 0.15) is 66.5 Å². The van der Waals surface area contributed by atoms with Crippen LogP contribution in [0.25, 0.3) is 0 Å². The highest BCUT2D eigenvalue weighted by Crippen LogP contribution is 2.76. The Morgan fingerprint density at radius 3 is 1.98 bits per heavy atom. The molecule has 8 aliphatic rings. The lowest BCUT2D eigenvalue weighted by Crippen LogP contribution is -2.69. The average Bonchev–Trinajstić information content (AvgIpc) is 3.23. The second-order valence-corrected chi connectivity index (χ2v) is 23.1. The van der Waals surface area contributed by atoms with Crippen molar-refractivity contribution in [1.82, 2.24) is 0 Å². The van der Waals surface area contributed by atoms with E-state index in [-0.39, 0.29) is 39.4 Å². The number of allylic oxidation sites excluding steroid dienone is 1. The zero-order valence-corrected chi connectivity index (χ0v) is 39.0. The van der Waals surface area contributed by atoms with E-state index in [1.807, 2.05) is 0 Å². The number of carboxylic acid groups (broad SMARTS) is 2. The van der Waals surface area contributed by atoms with E-state index >= 15 is 0 Å². The third kappa shape index (κ3) is 7.64. The Morgan fingerprint density at radius 1 is 0.667 bits per heavy atom. The van der Waals surface area contributed by atoms with Crippen LogP contribution in [0.2, 0.25) is 0 Å². The summed E-state index contributed by atoms with van der Waals surface area (Å²) < 4.78 is 36.3. The highest BCUT2D eigenvalue weighted by molar-refractivity contribution is 5.81. The molecule has 0 amide bonds. The number of hydrogen-bond donors (Lipinski definition) is 11. The molecular formula is C47H74O19. The Bertz CT molecular complexity index is 1860. The summed E-state index contributed by atoms with van der Waals surface area (Å²) in [5, 5.41) is 118. The van der Waals surface area contributed by atoms with Crippen LogP contribution in [-0.2, 0) is 38.0 Å². The Labute approximate surface area is 385 Å². The van der Waals surface area contributed by atoms with Gasteiger partial charge in [-0.1, -0.05) is 60.1 Å². The third-order valence-electron chi connectivity index (χ3n) is 18.9. The number of aliphatic hydroxyl groups is 9. The van der Waals surface area contributed by atoms with Gasteiger partial charge in [0.25, 0.3) is 0 Å². The van der Waals surface area contributed by atoms with Gasteiger partial charge in [0.05, 0.1) is 25.4 Å². The maximum Gasteiger partial charge on any atom is 0.335 e. The first kappa shape index (κ1) is 50.5. The minimum Gasteiger partial charge on any atom is -0.481 e. The van der Waals surface area contributed by atoms with Gasteiger partial charge < -0.3 is 84.6 Å². The molecule has 19 heteroatoms. The van der Waals surface area contributed by atoms with Gasteiger partial charge in [-0.15, -0.1) is 0 Å². The highest BCUT2D eigenvalue weighted by Gasteiger charge is 2.71. The summed E-state index contributed by atoms with van der Waals surface area (Å²) in [6.07, 6.45) is -18.6. The Kier molecular flexibility index (Phi) is 13.3. The summed E-state index contributed by atoms with van der Waals surface area (Å²) in [6, 6.07) is 0. The molecule has 4 saturated carbocycles. The topological polar surface area (TPSA) is 312 Å². The van der Waals surface area contributed by atoms with Crippen molar-refractivity contribution in [3.05, 3.63) is 11.6 Å². The summed E-state index contributed by atoms with van der Waals surface area (Å²) in [7, 11) is 0. The minimum atomic E-state index is -2.06. The third-order valence-corrected chi connectivity index (χ3v) is 18.9. The maximum absolute atomic E-state index is 13.2. The lowest BCUT2D eigenvalue weighted by atomic mass is 9.32. The number of carbonyl (C=O) groups is 2. The van der Waals surface area contributed by atoms with Crippen LogP contribution in [0.1, 0.15) is 106 Å². The normalized spacial score (nSPS) is 53.3. The van der Waals surface area contributed by atoms with Gasteiger partial charge in [0.2, 0.25) is 0 Å². The number of ether oxygens (including phenoxy) is 6. The Hall–Kier alpha value is -1.92. The first-order chi connectivity index (χ1) is 30.7. The predicted octanol–water partition coefficient (Wildman–Crippen LogP) is 0.408. The van der Waals surface area contributed by atoms with Crippen LogP contribution in [0.15, 0.2) is 11.6 Å². The highest BCUT2D eigenvalue weighted by atomic mass is 16.8.